The number of carbonyl (C=O) groups excluding carboxylic acids is 1. The molecule has 0 amide bonds. The van der Waals surface area contributed by atoms with Crippen LogP contribution in [-0.2, 0) is 9.53 Å². The van der Waals surface area contributed by atoms with Crippen molar-refractivity contribution in [2.24, 2.45) is 5.73 Å². The highest BCUT2D eigenvalue weighted by Crippen LogP contribution is 1.89. The number of nitrogens with two attached hydrogens (primary N) is 1. The van der Waals surface area contributed by atoms with Crippen LogP contribution in [0.3, 0.4) is 0 Å². The fourth-order valence-corrected chi connectivity index (χ4v) is 0.470. The molecule has 0 aromatic heterocycles. The number of rotatable bonds is 5. The Hall–Kier alpha value is -0.830. The molecule has 0 unspecified atom stereocenters. The van der Waals surface area contributed by atoms with Crippen molar-refractivity contribution in [3.8, 4) is 0 Å². The molecule has 0 bridgehead atoms. The summed E-state index contributed by atoms with van der Waals surface area (Å²) in [5.74, 6) is -0.203. The second kappa shape index (κ2) is 6.29. The molecule has 0 heterocycles. The molecule has 0 aromatic rings. The normalized spacial score (nSPS) is 8.90. The molecule has 3 heteroatoms. The van der Waals surface area contributed by atoms with Gasteiger partial charge in [0.1, 0.15) is 6.61 Å². The van der Waals surface area contributed by atoms with E-state index < -0.39 is 0 Å². The molecule has 0 aliphatic carbocycles. The summed E-state index contributed by atoms with van der Waals surface area (Å²) in [5, 5.41) is 0. The summed E-state index contributed by atoms with van der Waals surface area (Å²) < 4.78 is 4.68. The topological polar surface area (TPSA) is 52.3 Å². The SMILES string of the molecule is C=CCOC(=O)CCCN. The molecule has 3 nitrogen and oxygen atoms in total. The summed E-state index contributed by atoms with van der Waals surface area (Å²) in [4.78, 5) is 10.6. The van der Waals surface area contributed by atoms with Gasteiger partial charge in [-0.25, -0.2) is 0 Å². The summed E-state index contributed by atoms with van der Waals surface area (Å²) in [5.41, 5.74) is 5.18. The zero-order valence-corrected chi connectivity index (χ0v) is 6.01. The molecule has 0 saturated heterocycles. The van der Waals surface area contributed by atoms with Gasteiger partial charge in [0.2, 0.25) is 0 Å². The molecule has 0 saturated carbocycles. The quantitative estimate of drug-likeness (QED) is 0.449. The van der Waals surface area contributed by atoms with E-state index in [1.165, 1.54) is 0 Å². The number of hydrogen-bond acceptors (Lipinski definition) is 3. The lowest BCUT2D eigenvalue weighted by molar-refractivity contribution is -0.142. The predicted molar refractivity (Wildman–Crippen MR) is 39.4 cm³/mol. The minimum Gasteiger partial charge on any atom is -0.461 e. The van der Waals surface area contributed by atoms with Gasteiger partial charge in [0, 0.05) is 6.42 Å². The maximum Gasteiger partial charge on any atom is 0.306 e. The van der Waals surface area contributed by atoms with Gasteiger partial charge in [-0.05, 0) is 13.0 Å². The van der Waals surface area contributed by atoms with E-state index in [1.54, 1.807) is 6.08 Å². The first-order valence-corrected chi connectivity index (χ1v) is 3.28. The molecule has 0 spiro atoms. The van der Waals surface area contributed by atoms with Gasteiger partial charge in [-0.3, -0.25) is 4.79 Å². The zero-order valence-electron chi connectivity index (χ0n) is 6.01. The minimum absolute atomic E-state index is 0.203. The minimum atomic E-state index is -0.203. The van der Waals surface area contributed by atoms with Crippen molar-refractivity contribution in [1.29, 1.82) is 0 Å². The van der Waals surface area contributed by atoms with Gasteiger partial charge in [0.15, 0.2) is 0 Å². The number of hydrogen-bond donors (Lipinski definition) is 1. The maximum atomic E-state index is 10.6. The Balaban J connectivity index is 3.16. The second-order valence-corrected chi connectivity index (χ2v) is 1.86. The lowest BCUT2D eigenvalue weighted by Gasteiger charge is -1.98. The summed E-state index contributed by atoms with van der Waals surface area (Å²) in [6.45, 7) is 4.24. The average molecular weight is 143 g/mol. The van der Waals surface area contributed by atoms with Gasteiger partial charge in [0.25, 0.3) is 0 Å². The van der Waals surface area contributed by atoms with Gasteiger partial charge >= 0.3 is 5.97 Å². The number of carbonyl (C=O) groups is 1. The Morgan fingerprint density at radius 2 is 2.40 bits per heavy atom. The Kier molecular flexibility index (Phi) is 5.77. The van der Waals surface area contributed by atoms with Crippen LogP contribution in [0.25, 0.3) is 0 Å². The third kappa shape index (κ3) is 5.31. The first-order chi connectivity index (χ1) is 4.81. The van der Waals surface area contributed by atoms with E-state index in [-0.39, 0.29) is 5.97 Å². The monoisotopic (exact) mass is 143 g/mol. The standard InChI is InChI=1S/C7H13NO2/c1-2-6-10-7(9)4-3-5-8/h2H,1,3-6,8H2. The summed E-state index contributed by atoms with van der Waals surface area (Å²) >= 11 is 0. The van der Waals surface area contributed by atoms with Crippen LogP contribution >= 0.6 is 0 Å². The van der Waals surface area contributed by atoms with Crippen LogP contribution in [-0.4, -0.2) is 19.1 Å². The molecule has 0 rings (SSSR count). The molecule has 0 fully saturated rings. The lowest BCUT2D eigenvalue weighted by atomic mass is 10.3. The molecule has 0 aliphatic rings. The van der Waals surface area contributed by atoms with Gasteiger partial charge in [-0.1, -0.05) is 12.7 Å². The van der Waals surface area contributed by atoms with E-state index in [0.29, 0.717) is 26.0 Å². The van der Waals surface area contributed by atoms with E-state index in [1.807, 2.05) is 0 Å². The number of ether oxygens (including phenoxy) is 1. The molecule has 0 radical (unpaired) electrons. The lowest BCUT2D eigenvalue weighted by Crippen LogP contribution is -2.07. The molecular weight excluding hydrogens is 130 g/mol. The van der Waals surface area contributed by atoms with Crippen molar-refractivity contribution in [3.63, 3.8) is 0 Å². The predicted octanol–water partition coefficient (Wildman–Crippen LogP) is 0.455. The van der Waals surface area contributed by atoms with Crippen LogP contribution < -0.4 is 5.73 Å². The van der Waals surface area contributed by atoms with Crippen molar-refractivity contribution in [2.75, 3.05) is 13.2 Å². The molecule has 0 aliphatic heterocycles. The van der Waals surface area contributed by atoms with Crippen molar-refractivity contribution < 1.29 is 9.53 Å². The highest BCUT2D eigenvalue weighted by molar-refractivity contribution is 5.69. The van der Waals surface area contributed by atoms with Crippen molar-refractivity contribution in [1.82, 2.24) is 0 Å². The Labute approximate surface area is 60.9 Å². The Morgan fingerprint density at radius 3 is 2.90 bits per heavy atom. The van der Waals surface area contributed by atoms with Crippen LogP contribution in [0.2, 0.25) is 0 Å². The van der Waals surface area contributed by atoms with Crippen LogP contribution in [0.5, 0.6) is 0 Å². The van der Waals surface area contributed by atoms with E-state index in [0.717, 1.165) is 0 Å². The van der Waals surface area contributed by atoms with Crippen LogP contribution in [0, 0.1) is 0 Å². The highest BCUT2D eigenvalue weighted by atomic mass is 16.5. The number of esters is 1. The molecular formula is C7H13NO2. The molecule has 58 valence electrons. The first-order valence-electron chi connectivity index (χ1n) is 3.28. The van der Waals surface area contributed by atoms with Crippen LogP contribution in [0.15, 0.2) is 12.7 Å². The molecule has 0 atom stereocenters. The highest BCUT2D eigenvalue weighted by Gasteiger charge is 1.98. The van der Waals surface area contributed by atoms with Gasteiger partial charge in [-0.2, -0.15) is 0 Å². The van der Waals surface area contributed by atoms with Gasteiger partial charge in [-0.15, -0.1) is 0 Å². The van der Waals surface area contributed by atoms with Crippen LogP contribution in [0.1, 0.15) is 12.8 Å². The zero-order chi connectivity index (χ0) is 7.82. The summed E-state index contributed by atoms with van der Waals surface area (Å²) in [6.07, 6.45) is 2.64. The Morgan fingerprint density at radius 1 is 1.70 bits per heavy atom. The largest absolute Gasteiger partial charge is 0.461 e. The fraction of sp³-hybridized carbons (Fsp3) is 0.571. The third-order valence-corrected chi connectivity index (χ3v) is 0.947. The summed E-state index contributed by atoms with van der Waals surface area (Å²) in [7, 11) is 0. The average Bonchev–Trinajstić information content (AvgIpc) is 1.97. The van der Waals surface area contributed by atoms with Gasteiger partial charge < -0.3 is 10.5 Å². The van der Waals surface area contributed by atoms with E-state index in [2.05, 4.69) is 11.3 Å². The van der Waals surface area contributed by atoms with Gasteiger partial charge in [0.05, 0.1) is 0 Å². The fourth-order valence-electron chi connectivity index (χ4n) is 0.470. The molecule has 10 heavy (non-hydrogen) atoms. The van der Waals surface area contributed by atoms with E-state index in [4.69, 9.17) is 5.73 Å². The van der Waals surface area contributed by atoms with Crippen LogP contribution in [0.4, 0.5) is 0 Å². The van der Waals surface area contributed by atoms with Crippen molar-refractivity contribution in [2.45, 2.75) is 12.8 Å². The summed E-state index contributed by atoms with van der Waals surface area (Å²) in [6, 6.07) is 0. The molecule has 2 N–H and O–H groups in total. The van der Waals surface area contributed by atoms with Crippen molar-refractivity contribution >= 4 is 5.97 Å². The third-order valence-electron chi connectivity index (χ3n) is 0.947. The molecule has 0 aromatic carbocycles. The van der Waals surface area contributed by atoms with Crippen molar-refractivity contribution in [3.05, 3.63) is 12.7 Å². The first kappa shape index (κ1) is 9.17. The smallest absolute Gasteiger partial charge is 0.306 e. The van der Waals surface area contributed by atoms with E-state index >= 15 is 0 Å². The Bertz CT molecular complexity index is 112. The maximum absolute atomic E-state index is 10.6. The second-order valence-electron chi connectivity index (χ2n) is 1.86. The van der Waals surface area contributed by atoms with E-state index in [9.17, 15) is 4.79 Å².